The number of hydrogen-bond donors (Lipinski definition) is 1. The zero-order chi connectivity index (χ0) is 16.2. The van der Waals surface area contributed by atoms with Crippen molar-refractivity contribution in [3.63, 3.8) is 0 Å². The van der Waals surface area contributed by atoms with Crippen LogP contribution in [0.5, 0.6) is 5.75 Å². The van der Waals surface area contributed by atoms with Gasteiger partial charge in [-0.2, -0.15) is 18.3 Å². The molecule has 22 heavy (non-hydrogen) atoms. The fourth-order valence-corrected chi connectivity index (χ4v) is 1.75. The molecule has 1 aliphatic rings. The van der Waals surface area contributed by atoms with Crippen LogP contribution in [0.4, 0.5) is 18.0 Å². The van der Waals surface area contributed by atoms with Gasteiger partial charge < -0.3 is 14.2 Å². The Bertz CT molecular complexity index is 587. The zero-order valence-electron chi connectivity index (χ0n) is 11.6. The van der Waals surface area contributed by atoms with E-state index in [0.717, 1.165) is 6.07 Å². The standard InChI is InChI=1S/C13H13F3N2O4/c1-20-4-5-21-11-3-2-8(6-9(11)13(14,15)16)10-7-22-12(19)18-17-10/h2-3,6H,4-5,7H2,1H3,(H,18,19). The average Bonchev–Trinajstić information content (AvgIpc) is 2.47. The summed E-state index contributed by atoms with van der Waals surface area (Å²) in [5.74, 6) is -0.297. The van der Waals surface area contributed by atoms with Crippen LogP contribution < -0.4 is 10.2 Å². The molecule has 6 nitrogen and oxygen atoms in total. The smallest absolute Gasteiger partial charge is 0.428 e. The van der Waals surface area contributed by atoms with E-state index in [1.807, 2.05) is 5.43 Å². The molecule has 0 saturated heterocycles. The predicted molar refractivity (Wildman–Crippen MR) is 69.8 cm³/mol. The van der Waals surface area contributed by atoms with Crippen LogP contribution in [0.1, 0.15) is 11.1 Å². The van der Waals surface area contributed by atoms with E-state index in [2.05, 4.69) is 9.84 Å². The third-order valence-electron chi connectivity index (χ3n) is 2.79. The van der Waals surface area contributed by atoms with Gasteiger partial charge in [0, 0.05) is 12.7 Å². The SMILES string of the molecule is COCCOc1ccc(C2=NNC(=O)OC2)cc1C(F)(F)F. The lowest BCUT2D eigenvalue weighted by Gasteiger charge is -2.17. The molecule has 1 aromatic rings. The van der Waals surface area contributed by atoms with Gasteiger partial charge in [0.05, 0.1) is 12.2 Å². The van der Waals surface area contributed by atoms with Crippen molar-refractivity contribution in [1.82, 2.24) is 5.43 Å². The molecule has 0 saturated carbocycles. The van der Waals surface area contributed by atoms with Crippen molar-refractivity contribution >= 4 is 11.8 Å². The summed E-state index contributed by atoms with van der Waals surface area (Å²) in [6.07, 6.45) is -5.34. The molecule has 1 heterocycles. The van der Waals surface area contributed by atoms with Gasteiger partial charge in [-0.15, -0.1) is 0 Å². The van der Waals surface area contributed by atoms with Crippen molar-refractivity contribution in [2.24, 2.45) is 5.10 Å². The molecule has 0 spiro atoms. The third-order valence-corrected chi connectivity index (χ3v) is 2.79. The molecule has 0 aromatic heterocycles. The van der Waals surface area contributed by atoms with Crippen molar-refractivity contribution in [3.8, 4) is 5.75 Å². The Morgan fingerprint density at radius 2 is 2.14 bits per heavy atom. The van der Waals surface area contributed by atoms with Gasteiger partial charge in [0.25, 0.3) is 0 Å². The molecule has 0 unspecified atom stereocenters. The summed E-state index contributed by atoms with van der Waals surface area (Å²) in [4.78, 5) is 10.8. The van der Waals surface area contributed by atoms with E-state index >= 15 is 0 Å². The molecule has 120 valence electrons. The van der Waals surface area contributed by atoms with Crippen LogP contribution >= 0.6 is 0 Å². The van der Waals surface area contributed by atoms with E-state index in [1.54, 1.807) is 0 Å². The predicted octanol–water partition coefficient (Wildman–Crippen LogP) is 2.17. The van der Waals surface area contributed by atoms with Crippen molar-refractivity contribution in [2.45, 2.75) is 6.18 Å². The fourth-order valence-electron chi connectivity index (χ4n) is 1.75. The number of nitrogens with one attached hydrogen (secondary N) is 1. The van der Waals surface area contributed by atoms with Crippen LogP contribution in [0.25, 0.3) is 0 Å². The second-order valence-corrected chi connectivity index (χ2v) is 4.30. The minimum atomic E-state index is -4.59. The van der Waals surface area contributed by atoms with E-state index in [9.17, 15) is 18.0 Å². The van der Waals surface area contributed by atoms with Gasteiger partial charge in [0.15, 0.2) is 0 Å². The maximum atomic E-state index is 13.1. The highest BCUT2D eigenvalue weighted by atomic mass is 19.4. The number of halogens is 3. The van der Waals surface area contributed by atoms with Crippen LogP contribution in [0.2, 0.25) is 0 Å². The van der Waals surface area contributed by atoms with Gasteiger partial charge in [0.1, 0.15) is 24.7 Å². The van der Waals surface area contributed by atoms with Crippen molar-refractivity contribution in [2.75, 3.05) is 26.9 Å². The second kappa shape index (κ2) is 6.65. The molecule has 1 N–H and O–H groups in total. The maximum Gasteiger partial charge on any atom is 0.428 e. The molecule has 0 aliphatic carbocycles. The number of amides is 1. The first-order chi connectivity index (χ1) is 10.4. The Hall–Kier alpha value is -2.29. The van der Waals surface area contributed by atoms with E-state index in [-0.39, 0.29) is 36.8 Å². The number of carbonyl (C=O) groups is 1. The van der Waals surface area contributed by atoms with Crippen LogP contribution in [-0.2, 0) is 15.7 Å². The maximum absolute atomic E-state index is 13.1. The number of hydrazone groups is 1. The lowest BCUT2D eigenvalue weighted by molar-refractivity contribution is -0.139. The molecule has 0 radical (unpaired) electrons. The summed E-state index contributed by atoms with van der Waals surface area (Å²) in [6.45, 7) is -0.0301. The van der Waals surface area contributed by atoms with Gasteiger partial charge >= 0.3 is 12.3 Å². The third kappa shape index (κ3) is 3.88. The Morgan fingerprint density at radius 1 is 1.36 bits per heavy atom. The largest absolute Gasteiger partial charge is 0.491 e. The molecule has 1 aliphatic heterocycles. The molecular formula is C13H13F3N2O4. The van der Waals surface area contributed by atoms with Gasteiger partial charge in [-0.05, 0) is 18.2 Å². The Balaban J connectivity index is 2.29. The quantitative estimate of drug-likeness (QED) is 0.845. The topological polar surface area (TPSA) is 69.2 Å². The van der Waals surface area contributed by atoms with Crippen molar-refractivity contribution < 1.29 is 32.2 Å². The van der Waals surface area contributed by atoms with Crippen molar-refractivity contribution in [1.29, 1.82) is 0 Å². The lowest BCUT2D eigenvalue weighted by Crippen LogP contribution is -2.30. The molecule has 0 atom stereocenters. The van der Waals surface area contributed by atoms with E-state index in [0.29, 0.717) is 0 Å². The highest BCUT2D eigenvalue weighted by molar-refractivity contribution is 6.03. The number of ether oxygens (including phenoxy) is 3. The summed E-state index contributed by atoms with van der Waals surface area (Å²) in [5, 5.41) is 3.67. The minimum Gasteiger partial charge on any atom is -0.491 e. The average molecular weight is 318 g/mol. The Kier molecular flexibility index (Phi) is 4.86. The van der Waals surface area contributed by atoms with Crippen molar-refractivity contribution in [3.05, 3.63) is 29.3 Å². The van der Waals surface area contributed by atoms with Gasteiger partial charge in [0.2, 0.25) is 0 Å². The molecular weight excluding hydrogens is 305 g/mol. The molecule has 9 heteroatoms. The summed E-state index contributed by atoms with van der Waals surface area (Å²) in [6, 6.07) is 3.52. The van der Waals surface area contributed by atoms with E-state index in [1.165, 1.54) is 19.2 Å². The molecule has 1 amide bonds. The highest BCUT2D eigenvalue weighted by Gasteiger charge is 2.35. The first-order valence-electron chi connectivity index (χ1n) is 6.24. The number of rotatable bonds is 5. The highest BCUT2D eigenvalue weighted by Crippen LogP contribution is 2.37. The number of carbonyl (C=O) groups excluding carboxylic acids is 1. The molecule has 0 bridgehead atoms. The van der Waals surface area contributed by atoms with Gasteiger partial charge in [-0.25, -0.2) is 10.2 Å². The fraction of sp³-hybridized carbons (Fsp3) is 0.385. The summed E-state index contributed by atoms with van der Waals surface area (Å²) in [7, 11) is 1.42. The molecule has 2 rings (SSSR count). The minimum absolute atomic E-state index is 0.000951. The zero-order valence-corrected chi connectivity index (χ0v) is 11.6. The molecule has 0 fully saturated rings. The normalized spacial score (nSPS) is 14.9. The number of alkyl halides is 3. The first-order valence-corrected chi connectivity index (χ1v) is 6.24. The second-order valence-electron chi connectivity index (χ2n) is 4.30. The van der Waals surface area contributed by atoms with Crippen LogP contribution in [0, 0.1) is 0 Å². The monoisotopic (exact) mass is 318 g/mol. The Labute approximate surface area is 123 Å². The number of cyclic esters (lactones) is 1. The van der Waals surface area contributed by atoms with E-state index < -0.39 is 17.8 Å². The van der Waals surface area contributed by atoms with Gasteiger partial charge in [-0.3, -0.25) is 0 Å². The number of nitrogens with zero attached hydrogens (tertiary/aromatic N) is 1. The molecule has 1 aromatic carbocycles. The number of hydrogen-bond acceptors (Lipinski definition) is 5. The van der Waals surface area contributed by atoms with Gasteiger partial charge in [-0.1, -0.05) is 0 Å². The number of methoxy groups -OCH3 is 1. The summed E-state index contributed by atoms with van der Waals surface area (Å²) >= 11 is 0. The van der Waals surface area contributed by atoms with Crippen LogP contribution in [0.15, 0.2) is 23.3 Å². The summed E-state index contributed by atoms with van der Waals surface area (Å²) in [5.41, 5.74) is 1.49. The lowest BCUT2D eigenvalue weighted by atomic mass is 10.1. The van der Waals surface area contributed by atoms with Crippen LogP contribution in [-0.4, -0.2) is 38.7 Å². The van der Waals surface area contributed by atoms with E-state index in [4.69, 9.17) is 9.47 Å². The summed E-state index contributed by atoms with van der Waals surface area (Å²) < 4.78 is 53.8. The first kappa shape index (κ1) is 16.1. The van der Waals surface area contributed by atoms with Crippen LogP contribution in [0.3, 0.4) is 0 Å². The Morgan fingerprint density at radius 3 is 2.73 bits per heavy atom. The number of benzene rings is 1.